The van der Waals surface area contributed by atoms with E-state index in [-0.39, 0.29) is 10.7 Å². The summed E-state index contributed by atoms with van der Waals surface area (Å²) in [5, 5.41) is 11.7. The first-order chi connectivity index (χ1) is 17.2. The SMILES string of the molecule is O=[N+]([O-])c1cc(Cl)ccc1-c1ccc(CN2CCc3nc(-c4ccc(C(F)(F)F)cc4)ncc3C2)o1. The zero-order chi connectivity index (χ0) is 25.4. The Morgan fingerprint density at radius 2 is 1.89 bits per heavy atom. The molecule has 11 heteroatoms. The standard InChI is InChI=1S/C25H18ClF3N4O3/c26-18-5-7-20(22(11-18)33(34)35)23-8-6-19(36-23)14-32-10-9-21-16(13-32)12-30-24(31-21)15-1-3-17(4-2-15)25(27,28)29/h1-8,11-12H,9-10,13-14H2. The van der Waals surface area contributed by atoms with Gasteiger partial charge in [-0.25, -0.2) is 9.97 Å². The van der Waals surface area contributed by atoms with Gasteiger partial charge in [0.1, 0.15) is 11.5 Å². The lowest BCUT2D eigenvalue weighted by Crippen LogP contribution is -2.30. The Kier molecular flexibility index (Phi) is 6.23. The van der Waals surface area contributed by atoms with Crippen LogP contribution in [0.2, 0.25) is 5.02 Å². The van der Waals surface area contributed by atoms with Gasteiger partial charge in [0.2, 0.25) is 0 Å². The molecule has 0 aliphatic carbocycles. The molecule has 7 nitrogen and oxygen atoms in total. The third-order valence-corrected chi connectivity index (χ3v) is 6.18. The van der Waals surface area contributed by atoms with Crippen molar-refractivity contribution >= 4 is 17.3 Å². The summed E-state index contributed by atoms with van der Waals surface area (Å²) in [5.74, 6) is 1.42. The van der Waals surface area contributed by atoms with Crippen LogP contribution in [0.25, 0.3) is 22.7 Å². The van der Waals surface area contributed by atoms with E-state index in [9.17, 15) is 23.3 Å². The highest BCUT2D eigenvalue weighted by Crippen LogP contribution is 2.34. The van der Waals surface area contributed by atoms with E-state index in [4.69, 9.17) is 16.0 Å². The number of fused-ring (bicyclic) bond motifs is 1. The molecule has 0 unspecified atom stereocenters. The van der Waals surface area contributed by atoms with Gasteiger partial charge in [-0.1, -0.05) is 23.7 Å². The third kappa shape index (κ3) is 4.95. The second kappa shape index (κ2) is 9.36. The van der Waals surface area contributed by atoms with E-state index in [1.54, 1.807) is 30.5 Å². The van der Waals surface area contributed by atoms with Gasteiger partial charge in [-0.15, -0.1) is 0 Å². The van der Waals surface area contributed by atoms with Gasteiger partial charge in [-0.2, -0.15) is 13.2 Å². The molecule has 0 atom stereocenters. The summed E-state index contributed by atoms with van der Waals surface area (Å²) >= 11 is 5.90. The molecule has 0 bridgehead atoms. The van der Waals surface area contributed by atoms with Crippen LogP contribution in [0.3, 0.4) is 0 Å². The summed E-state index contributed by atoms with van der Waals surface area (Å²) in [7, 11) is 0. The topological polar surface area (TPSA) is 85.3 Å². The van der Waals surface area contributed by atoms with Crippen molar-refractivity contribution < 1.29 is 22.5 Å². The fourth-order valence-electron chi connectivity index (χ4n) is 4.15. The monoisotopic (exact) mass is 514 g/mol. The Bertz CT molecular complexity index is 1440. The summed E-state index contributed by atoms with van der Waals surface area (Å²) in [6, 6.07) is 12.7. The van der Waals surface area contributed by atoms with Crippen LogP contribution in [0.15, 0.2) is 65.2 Å². The van der Waals surface area contributed by atoms with E-state index in [1.807, 2.05) is 0 Å². The van der Waals surface area contributed by atoms with Gasteiger partial charge in [0.15, 0.2) is 5.82 Å². The fourth-order valence-corrected chi connectivity index (χ4v) is 4.32. The van der Waals surface area contributed by atoms with Crippen molar-refractivity contribution in [1.29, 1.82) is 0 Å². The number of benzene rings is 2. The minimum Gasteiger partial charge on any atom is -0.459 e. The minimum absolute atomic E-state index is 0.128. The van der Waals surface area contributed by atoms with Gasteiger partial charge in [0.05, 0.1) is 28.3 Å². The molecule has 3 heterocycles. The molecule has 36 heavy (non-hydrogen) atoms. The first-order valence-corrected chi connectivity index (χ1v) is 11.3. The van der Waals surface area contributed by atoms with Crippen LogP contribution >= 0.6 is 11.6 Å². The second-order valence-electron chi connectivity index (χ2n) is 8.39. The summed E-state index contributed by atoms with van der Waals surface area (Å²) in [6.07, 6.45) is -2.05. The Hall–Kier alpha value is -3.76. The number of nitro benzene ring substituents is 1. The maximum atomic E-state index is 12.8. The number of nitro groups is 1. The lowest BCUT2D eigenvalue weighted by Gasteiger charge is -2.27. The van der Waals surface area contributed by atoms with Gasteiger partial charge >= 0.3 is 6.18 Å². The number of halogens is 4. The summed E-state index contributed by atoms with van der Waals surface area (Å²) in [6.45, 7) is 1.74. The highest BCUT2D eigenvalue weighted by atomic mass is 35.5. The lowest BCUT2D eigenvalue weighted by atomic mass is 10.1. The predicted octanol–water partition coefficient (Wildman–Crippen LogP) is 6.54. The second-order valence-corrected chi connectivity index (χ2v) is 8.82. The molecular weight excluding hydrogens is 497 g/mol. The first-order valence-electron chi connectivity index (χ1n) is 11.0. The highest BCUT2D eigenvalue weighted by Gasteiger charge is 2.30. The molecule has 2 aromatic carbocycles. The zero-order valence-electron chi connectivity index (χ0n) is 18.6. The average Bonchev–Trinajstić information content (AvgIpc) is 3.31. The summed E-state index contributed by atoms with van der Waals surface area (Å²) in [5.41, 5.74) is 1.81. The Morgan fingerprint density at radius 3 is 2.61 bits per heavy atom. The number of aromatic nitrogens is 2. The Labute approximate surface area is 208 Å². The van der Waals surface area contributed by atoms with Crippen molar-refractivity contribution in [2.75, 3.05) is 6.54 Å². The van der Waals surface area contributed by atoms with Crippen LogP contribution in [0.5, 0.6) is 0 Å². The van der Waals surface area contributed by atoms with E-state index in [0.29, 0.717) is 54.5 Å². The van der Waals surface area contributed by atoms with Gasteiger partial charge in [0.25, 0.3) is 5.69 Å². The molecule has 5 rings (SSSR count). The molecule has 4 aromatic rings. The zero-order valence-corrected chi connectivity index (χ0v) is 19.4. The van der Waals surface area contributed by atoms with E-state index in [2.05, 4.69) is 14.9 Å². The van der Waals surface area contributed by atoms with Gasteiger partial charge < -0.3 is 4.42 Å². The molecule has 0 radical (unpaired) electrons. The molecule has 0 saturated heterocycles. The smallest absolute Gasteiger partial charge is 0.416 e. The van der Waals surface area contributed by atoms with Crippen molar-refractivity contribution in [2.24, 2.45) is 0 Å². The summed E-state index contributed by atoms with van der Waals surface area (Å²) in [4.78, 5) is 22.0. The van der Waals surface area contributed by atoms with E-state index >= 15 is 0 Å². The molecule has 0 fully saturated rings. The van der Waals surface area contributed by atoms with E-state index in [0.717, 1.165) is 23.4 Å². The van der Waals surface area contributed by atoms with E-state index < -0.39 is 16.7 Å². The van der Waals surface area contributed by atoms with Gasteiger partial charge in [0, 0.05) is 47.9 Å². The van der Waals surface area contributed by atoms with Gasteiger partial charge in [-0.3, -0.25) is 15.0 Å². The molecule has 0 amide bonds. The number of furan rings is 1. The molecule has 2 aromatic heterocycles. The van der Waals surface area contributed by atoms with E-state index in [1.165, 1.54) is 18.2 Å². The third-order valence-electron chi connectivity index (χ3n) is 5.95. The summed E-state index contributed by atoms with van der Waals surface area (Å²) < 4.78 is 44.4. The van der Waals surface area contributed by atoms with Crippen molar-refractivity contribution in [1.82, 2.24) is 14.9 Å². The van der Waals surface area contributed by atoms with Crippen LogP contribution in [0.4, 0.5) is 18.9 Å². The molecule has 0 N–H and O–H groups in total. The maximum absolute atomic E-state index is 12.8. The molecule has 0 spiro atoms. The average molecular weight is 515 g/mol. The molecule has 184 valence electrons. The van der Waals surface area contributed by atoms with Crippen molar-refractivity contribution in [3.8, 4) is 22.7 Å². The number of alkyl halides is 3. The van der Waals surface area contributed by atoms with Gasteiger partial charge in [-0.05, 0) is 36.4 Å². The van der Waals surface area contributed by atoms with Crippen molar-refractivity contribution in [2.45, 2.75) is 25.7 Å². The lowest BCUT2D eigenvalue weighted by molar-refractivity contribution is -0.384. The van der Waals surface area contributed by atoms with Crippen LogP contribution in [0.1, 0.15) is 22.6 Å². The predicted molar refractivity (Wildman–Crippen MR) is 126 cm³/mol. The van der Waals surface area contributed by atoms with Crippen molar-refractivity contribution in [3.63, 3.8) is 0 Å². The Morgan fingerprint density at radius 1 is 1.11 bits per heavy atom. The number of hydrogen-bond acceptors (Lipinski definition) is 6. The van der Waals surface area contributed by atoms with Crippen LogP contribution in [-0.2, 0) is 25.7 Å². The van der Waals surface area contributed by atoms with Crippen LogP contribution in [-0.4, -0.2) is 26.3 Å². The quantitative estimate of drug-likeness (QED) is 0.222. The normalized spacial score (nSPS) is 14.0. The number of nitrogens with zero attached hydrogens (tertiary/aromatic N) is 4. The molecular formula is C25H18ClF3N4O3. The first kappa shape index (κ1) is 24.0. The van der Waals surface area contributed by atoms with Crippen molar-refractivity contribution in [3.05, 3.63) is 98.5 Å². The minimum atomic E-state index is -4.39. The van der Waals surface area contributed by atoms with Crippen LogP contribution < -0.4 is 0 Å². The Balaban J connectivity index is 1.29. The number of hydrogen-bond donors (Lipinski definition) is 0. The molecule has 0 saturated carbocycles. The fraction of sp³-hybridized carbons (Fsp3) is 0.200. The largest absolute Gasteiger partial charge is 0.459 e. The highest BCUT2D eigenvalue weighted by molar-refractivity contribution is 6.30. The molecule has 1 aliphatic rings. The number of rotatable bonds is 5. The maximum Gasteiger partial charge on any atom is 0.416 e. The molecule has 1 aliphatic heterocycles. The van der Waals surface area contributed by atoms with Crippen LogP contribution in [0, 0.1) is 10.1 Å².